The van der Waals surface area contributed by atoms with Gasteiger partial charge in [-0.15, -0.1) is 13.2 Å². The molecule has 0 spiro atoms. The lowest BCUT2D eigenvalue weighted by Gasteiger charge is -2.40. The van der Waals surface area contributed by atoms with Crippen LogP contribution in [0.1, 0.15) is 59.9 Å². The lowest BCUT2D eigenvalue weighted by Crippen LogP contribution is -2.29. The number of ether oxygens (including phenoxy) is 2. The molecule has 2 atom stereocenters. The van der Waals surface area contributed by atoms with Gasteiger partial charge in [-0.2, -0.15) is 0 Å². The summed E-state index contributed by atoms with van der Waals surface area (Å²) in [6.45, 7) is 10.7. The van der Waals surface area contributed by atoms with Gasteiger partial charge in [0, 0.05) is 17.8 Å². The second kappa shape index (κ2) is 9.04. The van der Waals surface area contributed by atoms with Gasteiger partial charge in [0.1, 0.15) is 11.5 Å². The van der Waals surface area contributed by atoms with Crippen LogP contribution in [0.15, 0.2) is 42.5 Å². The lowest BCUT2D eigenvalue weighted by molar-refractivity contribution is -0.274. The second-order valence-corrected chi connectivity index (χ2v) is 10.4. The van der Waals surface area contributed by atoms with E-state index in [1.165, 1.54) is 12.1 Å². The van der Waals surface area contributed by atoms with E-state index in [-0.39, 0.29) is 23.3 Å². The van der Waals surface area contributed by atoms with Crippen molar-refractivity contribution in [2.45, 2.75) is 72.4 Å². The zero-order valence-corrected chi connectivity index (χ0v) is 20.2. The van der Waals surface area contributed by atoms with E-state index >= 15 is 0 Å². The number of hydrogen-bond acceptors (Lipinski definition) is 4. The monoisotopic (exact) mass is 475 g/mol. The van der Waals surface area contributed by atoms with Crippen LogP contribution in [0.2, 0.25) is 0 Å². The summed E-state index contributed by atoms with van der Waals surface area (Å²) in [5.74, 6) is 1.63. The molecular formula is C26H32F3N3O2. The molecule has 5 nitrogen and oxygen atoms in total. The SMILES string of the molecule is CC1CC(n2c(Nc3ccc(OC(C)C)cc3)nc3cc(OC(F)(F)F)ccc32)CC(C)(C)C1. The Balaban J connectivity index is 1.73. The van der Waals surface area contributed by atoms with Gasteiger partial charge in [-0.1, -0.05) is 20.8 Å². The summed E-state index contributed by atoms with van der Waals surface area (Å²) >= 11 is 0. The summed E-state index contributed by atoms with van der Waals surface area (Å²) in [6, 6.07) is 12.1. The van der Waals surface area contributed by atoms with E-state index < -0.39 is 6.36 Å². The Kier molecular flexibility index (Phi) is 6.44. The third kappa shape index (κ3) is 5.77. The lowest BCUT2D eigenvalue weighted by atomic mass is 9.70. The van der Waals surface area contributed by atoms with Crippen molar-refractivity contribution in [1.82, 2.24) is 9.55 Å². The fourth-order valence-electron chi connectivity index (χ4n) is 5.24. The van der Waals surface area contributed by atoms with Crippen molar-refractivity contribution >= 4 is 22.7 Å². The molecular weight excluding hydrogens is 443 g/mol. The van der Waals surface area contributed by atoms with Crippen LogP contribution >= 0.6 is 0 Å². The van der Waals surface area contributed by atoms with E-state index in [2.05, 4.69) is 35.4 Å². The number of imidazole rings is 1. The molecule has 0 radical (unpaired) electrons. The summed E-state index contributed by atoms with van der Waals surface area (Å²) in [7, 11) is 0. The number of hydrogen-bond donors (Lipinski definition) is 1. The maximum Gasteiger partial charge on any atom is 0.573 e. The third-order valence-corrected chi connectivity index (χ3v) is 6.11. The van der Waals surface area contributed by atoms with Gasteiger partial charge in [0.2, 0.25) is 5.95 Å². The molecule has 1 saturated carbocycles. The van der Waals surface area contributed by atoms with Crippen molar-refractivity contribution in [3.05, 3.63) is 42.5 Å². The Hall–Kier alpha value is -2.90. The zero-order chi connectivity index (χ0) is 24.7. The molecule has 3 aromatic rings. The molecule has 8 heteroatoms. The van der Waals surface area contributed by atoms with Gasteiger partial charge >= 0.3 is 6.36 Å². The number of fused-ring (bicyclic) bond motifs is 1. The Morgan fingerprint density at radius 3 is 2.35 bits per heavy atom. The number of rotatable bonds is 6. The molecule has 0 bridgehead atoms. The molecule has 4 rings (SSSR count). The number of halogens is 3. The molecule has 2 unspecified atom stereocenters. The molecule has 0 amide bonds. The highest BCUT2D eigenvalue weighted by atomic mass is 19.4. The van der Waals surface area contributed by atoms with E-state index in [0.29, 0.717) is 17.4 Å². The minimum atomic E-state index is -4.75. The first-order valence-electron chi connectivity index (χ1n) is 11.7. The number of nitrogens with one attached hydrogen (secondary N) is 1. The Morgan fingerprint density at radius 1 is 1.06 bits per heavy atom. The average Bonchev–Trinajstić information content (AvgIpc) is 3.03. The number of aromatic nitrogens is 2. The van der Waals surface area contributed by atoms with Crippen molar-refractivity contribution in [3.8, 4) is 11.5 Å². The topological polar surface area (TPSA) is 48.3 Å². The second-order valence-electron chi connectivity index (χ2n) is 10.4. The van der Waals surface area contributed by atoms with Crippen LogP contribution in [-0.2, 0) is 0 Å². The number of benzene rings is 2. The summed E-state index contributed by atoms with van der Waals surface area (Å²) in [5.41, 5.74) is 2.22. The minimum absolute atomic E-state index is 0.0766. The smallest absolute Gasteiger partial charge is 0.491 e. The molecule has 2 aromatic carbocycles. The molecule has 34 heavy (non-hydrogen) atoms. The minimum Gasteiger partial charge on any atom is -0.491 e. The summed E-state index contributed by atoms with van der Waals surface area (Å²) < 4.78 is 50.3. The van der Waals surface area contributed by atoms with E-state index in [1.807, 2.05) is 38.1 Å². The fourth-order valence-corrected chi connectivity index (χ4v) is 5.24. The van der Waals surface area contributed by atoms with Gasteiger partial charge in [-0.05, 0) is 80.8 Å². The molecule has 1 heterocycles. The predicted octanol–water partition coefficient (Wildman–Crippen LogP) is 7.85. The van der Waals surface area contributed by atoms with E-state index in [4.69, 9.17) is 9.72 Å². The standard InChI is InChI=1S/C26H32F3N3O2/c1-16(2)33-20-8-6-18(7-9-20)30-24-31-22-13-21(34-26(27,28)29)10-11-23(22)32(24)19-12-17(3)14-25(4,5)15-19/h6-11,13,16-17,19H,12,14-15H2,1-5H3,(H,30,31). The van der Waals surface area contributed by atoms with E-state index in [9.17, 15) is 13.2 Å². The van der Waals surface area contributed by atoms with Crippen molar-refractivity contribution in [3.63, 3.8) is 0 Å². The first-order valence-corrected chi connectivity index (χ1v) is 11.7. The maximum absolute atomic E-state index is 12.8. The van der Waals surface area contributed by atoms with Crippen LogP contribution in [0.25, 0.3) is 11.0 Å². The van der Waals surface area contributed by atoms with Crippen LogP contribution in [0, 0.1) is 11.3 Å². The van der Waals surface area contributed by atoms with Crippen LogP contribution < -0.4 is 14.8 Å². The van der Waals surface area contributed by atoms with Crippen molar-refractivity contribution < 1.29 is 22.6 Å². The van der Waals surface area contributed by atoms with Gasteiger partial charge in [-0.3, -0.25) is 0 Å². The number of alkyl halides is 3. The molecule has 0 saturated heterocycles. The molecule has 1 aromatic heterocycles. The molecule has 1 fully saturated rings. The fraction of sp³-hybridized carbons (Fsp3) is 0.500. The van der Waals surface area contributed by atoms with E-state index in [0.717, 1.165) is 36.2 Å². The maximum atomic E-state index is 12.8. The predicted molar refractivity (Wildman–Crippen MR) is 128 cm³/mol. The van der Waals surface area contributed by atoms with Gasteiger partial charge < -0.3 is 19.4 Å². The van der Waals surface area contributed by atoms with Gasteiger partial charge in [-0.25, -0.2) is 4.98 Å². The summed E-state index contributed by atoms with van der Waals surface area (Å²) in [6.07, 6.45) is -1.60. The van der Waals surface area contributed by atoms with Gasteiger partial charge in [0.15, 0.2) is 0 Å². The van der Waals surface area contributed by atoms with E-state index in [1.54, 1.807) is 6.07 Å². The van der Waals surface area contributed by atoms with Gasteiger partial charge in [0.25, 0.3) is 0 Å². The molecule has 1 aliphatic carbocycles. The van der Waals surface area contributed by atoms with Crippen LogP contribution in [0.4, 0.5) is 24.8 Å². The highest BCUT2D eigenvalue weighted by Gasteiger charge is 2.35. The van der Waals surface area contributed by atoms with Crippen molar-refractivity contribution in [1.29, 1.82) is 0 Å². The zero-order valence-electron chi connectivity index (χ0n) is 20.2. The van der Waals surface area contributed by atoms with Gasteiger partial charge in [0.05, 0.1) is 17.1 Å². The normalized spacial score (nSPS) is 20.5. The Bertz CT molecular complexity index is 1140. The molecule has 1 N–H and O–H groups in total. The summed E-state index contributed by atoms with van der Waals surface area (Å²) in [5, 5.41) is 3.38. The highest BCUT2D eigenvalue weighted by Crippen LogP contribution is 2.46. The Morgan fingerprint density at radius 2 is 1.74 bits per heavy atom. The first kappa shape index (κ1) is 24.2. The van der Waals surface area contributed by atoms with Crippen molar-refractivity contribution in [2.75, 3.05) is 5.32 Å². The highest BCUT2D eigenvalue weighted by molar-refractivity contribution is 5.81. The first-order chi connectivity index (χ1) is 15.9. The van der Waals surface area contributed by atoms with Crippen molar-refractivity contribution in [2.24, 2.45) is 11.3 Å². The summed E-state index contributed by atoms with van der Waals surface area (Å²) in [4.78, 5) is 4.69. The average molecular weight is 476 g/mol. The third-order valence-electron chi connectivity index (χ3n) is 6.11. The largest absolute Gasteiger partial charge is 0.573 e. The molecule has 184 valence electrons. The molecule has 0 aliphatic heterocycles. The number of anilines is 2. The quantitative estimate of drug-likeness (QED) is 0.394. The molecule has 1 aliphatic rings. The number of nitrogens with zero attached hydrogens (tertiary/aromatic N) is 2. The van der Waals surface area contributed by atoms with Crippen LogP contribution in [-0.4, -0.2) is 22.0 Å². The van der Waals surface area contributed by atoms with Crippen LogP contribution in [0.5, 0.6) is 11.5 Å². The van der Waals surface area contributed by atoms with Crippen LogP contribution in [0.3, 0.4) is 0 Å². The Labute approximate surface area is 198 Å².